The lowest BCUT2D eigenvalue weighted by Gasteiger charge is -2.19. The molecule has 1 aromatic carbocycles. The smallest absolute Gasteiger partial charge is 0.221 e. The summed E-state index contributed by atoms with van der Waals surface area (Å²) in [6.45, 7) is 9.05. The summed E-state index contributed by atoms with van der Waals surface area (Å²) in [5, 5.41) is 0. The van der Waals surface area contributed by atoms with Gasteiger partial charge in [0.25, 0.3) is 0 Å². The van der Waals surface area contributed by atoms with E-state index in [-0.39, 0.29) is 11.3 Å². The fourth-order valence-electron chi connectivity index (χ4n) is 1.88. The van der Waals surface area contributed by atoms with E-state index in [1.54, 1.807) is 46.8 Å². The molecule has 5 heteroatoms. The molecule has 1 atom stereocenters. The summed E-state index contributed by atoms with van der Waals surface area (Å²) in [6.07, 6.45) is -2.21. The van der Waals surface area contributed by atoms with Crippen LogP contribution in [-0.2, 0) is 4.79 Å². The Bertz CT molecular complexity index is 546. The van der Waals surface area contributed by atoms with Gasteiger partial charge in [0.1, 0.15) is 11.5 Å². The van der Waals surface area contributed by atoms with Crippen LogP contribution in [0, 0.1) is 5.41 Å². The first-order valence-corrected chi connectivity index (χ1v) is 7.34. The first-order chi connectivity index (χ1) is 10.2. The van der Waals surface area contributed by atoms with Gasteiger partial charge >= 0.3 is 0 Å². The molecule has 122 valence electrons. The van der Waals surface area contributed by atoms with E-state index >= 15 is 0 Å². The lowest BCUT2D eigenvalue weighted by Crippen LogP contribution is -2.35. The van der Waals surface area contributed by atoms with Crippen LogP contribution in [0.4, 0.5) is 4.39 Å². The second-order valence-corrected chi connectivity index (χ2v) is 5.87. The summed E-state index contributed by atoms with van der Waals surface area (Å²) in [5.41, 5.74) is -0.906. The van der Waals surface area contributed by atoms with Gasteiger partial charge in [-0.1, -0.05) is 20.8 Å². The number of hydrogen-bond donors (Lipinski definition) is 0. The van der Waals surface area contributed by atoms with Gasteiger partial charge < -0.3 is 9.47 Å². The lowest BCUT2D eigenvalue weighted by molar-refractivity contribution is -0.129. The fourth-order valence-corrected chi connectivity index (χ4v) is 1.88. The van der Waals surface area contributed by atoms with Crippen molar-refractivity contribution in [2.45, 2.75) is 40.8 Å². The quantitative estimate of drug-likeness (QED) is 0.570. The van der Waals surface area contributed by atoms with E-state index in [2.05, 4.69) is 0 Å². The molecule has 4 nitrogen and oxygen atoms in total. The van der Waals surface area contributed by atoms with E-state index in [1.165, 1.54) is 6.07 Å². The van der Waals surface area contributed by atoms with Crippen LogP contribution < -0.4 is 9.47 Å². The van der Waals surface area contributed by atoms with Crippen molar-refractivity contribution in [2.75, 3.05) is 13.2 Å². The first kappa shape index (κ1) is 18.1. The van der Waals surface area contributed by atoms with Crippen molar-refractivity contribution in [1.29, 1.82) is 0 Å². The first-order valence-electron chi connectivity index (χ1n) is 7.34. The Morgan fingerprint density at radius 2 is 1.73 bits per heavy atom. The number of ketones is 2. The van der Waals surface area contributed by atoms with Crippen LogP contribution in [0.5, 0.6) is 11.5 Å². The van der Waals surface area contributed by atoms with E-state index in [0.29, 0.717) is 19.0 Å². The SMILES string of the molecule is CCOc1ccc(OCC)c(C(=O)C(F)C(=O)C(C)(C)C)c1. The van der Waals surface area contributed by atoms with Gasteiger partial charge in [0.2, 0.25) is 12.0 Å². The molecule has 0 heterocycles. The molecule has 0 spiro atoms. The zero-order valence-corrected chi connectivity index (χ0v) is 13.7. The lowest BCUT2D eigenvalue weighted by atomic mass is 9.85. The molecule has 0 N–H and O–H groups in total. The van der Waals surface area contributed by atoms with E-state index in [9.17, 15) is 14.0 Å². The Labute approximate surface area is 130 Å². The largest absolute Gasteiger partial charge is 0.494 e. The molecule has 22 heavy (non-hydrogen) atoms. The molecule has 1 aromatic rings. The highest BCUT2D eigenvalue weighted by Crippen LogP contribution is 2.28. The highest BCUT2D eigenvalue weighted by Gasteiger charge is 2.36. The highest BCUT2D eigenvalue weighted by atomic mass is 19.1. The molecule has 0 saturated carbocycles. The van der Waals surface area contributed by atoms with Crippen molar-refractivity contribution in [1.82, 2.24) is 0 Å². The Hall–Kier alpha value is -1.91. The molecule has 0 radical (unpaired) electrons. The predicted molar refractivity (Wildman–Crippen MR) is 82.5 cm³/mol. The maximum absolute atomic E-state index is 14.3. The third-order valence-electron chi connectivity index (χ3n) is 3.03. The Morgan fingerprint density at radius 3 is 2.23 bits per heavy atom. The van der Waals surface area contributed by atoms with Crippen molar-refractivity contribution in [3.8, 4) is 11.5 Å². The normalized spacial score (nSPS) is 12.6. The minimum absolute atomic E-state index is 0.0258. The van der Waals surface area contributed by atoms with Gasteiger partial charge in [-0.3, -0.25) is 9.59 Å². The van der Waals surface area contributed by atoms with Crippen LogP contribution in [-0.4, -0.2) is 31.0 Å². The number of rotatable bonds is 7. The van der Waals surface area contributed by atoms with E-state index in [1.807, 2.05) is 0 Å². The van der Waals surface area contributed by atoms with Crippen LogP contribution >= 0.6 is 0 Å². The minimum atomic E-state index is -2.21. The third kappa shape index (κ3) is 4.29. The number of carbonyl (C=O) groups is 2. The third-order valence-corrected chi connectivity index (χ3v) is 3.03. The summed E-state index contributed by atoms with van der Waals surface area (Å²) in [6, 6.07) is 4.61. The number of alkyl halides is 1. The van der Waals surface area contributed by atoms with E-state index < -0.39 is 23.2 Å². The van der Waals surface area contributed by atoms with Gasteiger partial charge in [-0.05, 0) is 32.0 Å². The van der Waals surface area contributed by atoms with Crippen LogP contribution in [0.1, 0.15) is 45.0 Å². The second-order valence-electron chi connectivity index (χ2n) is 5.87. The van der Waals surface area contributed by atoms with Crippen molar-refractivity contribution in [3.05, 3.63) is 23.8 Å². The molecule has 0 aliphatic carbocycles. The molecule has 0 aliphatic heterocycles. The van der Waals surface area contributed by atoms with Gasteiger partial charge in [0.05, 0.1) is 18.8 Å². The second kappa shape index (κ2) is 7.38. The molecule has 0 fully saturated rings. The molecular weight excluding hydrogens is 287 g/mol. The Morgan fingerprint density at radius 1 is 1.14 bits per heavy atom. The number of Topliss-reactive ketones (excluding diaryl/α,β-unsaturated/α-hetero) is 2. The van der Waals surface area contributed by atoms with Crippen molar-refractivity contribution < 1.29 is 23.5 Å². The van der Waals surface area contributed by atoms with Gasteiger partial charge in [0.15, 0.2) is 5.78 Å². The fraction of sp³-hybridized carbons (Fsp3) is 0.529. The number of hydrogen-bond acceptors (Lipinski definition) is 4. The van der Waals surface area contributed by atoms with Crippen molar-refractivity contribution in [3.63, 3.8) is 0 Å². The molecule has 0 aliphatic rings. The van der Waals surface area contributed by atoms with Gasteiger partial charge in [-0.2, -0.15) is 0 Å². The number of benzene rings is 1. The van der Waals surface area contributed by atoms with Crippen molar-refractivity contribution in [2.24, 2.45) is 5.41 Å². The molecular formula is C17H23FO4. The van der Waals surface area contributed by atoms with Gasteiger partial charge in [-0.15, -0.1) is 0 Å². The van der Waals surface area contributed by atoms with Gasteiger partial charge in [0, 0.05) is 5.41 Å². The average molecular weight is 310 g/mol. The Kier molecular flexibility index (Phi) is 6.09. The van der Waals surface area contributed by atoms with Crippen LogP contribution in [0.2, 0.25) is 0 Å². The maximum Gasteiger partial charge on any atom is 0.221 e. The Balaban J connectivity index is 3.18. The predicted octanol–water partition coefficient (Wildman–Crippen LogP) is 3.62. The summed E-state index contributed by atoms with van der Waals surface area (Å²) in [7, 11) is 0. The number of carbonyl (C=O) groups excluding carboxylic acids is 2. The monoisotopic (exact) mass is 310 g/mol. The average Bonchev–Trinajstić information content (AvgIpc) is 2.46. The molecule has 1 rings (SSSR count). The standard InChI is InChI=1S/C17H23FO4/c1-6-21-11-8-9-13(22-7-2)12(10-11)15(19)14(18)16(20)17(3,4)5/h8-10,14H,6-7H2,1-5H3. The molecule has 1 unspecified atom stereocenters. The van der Waals surface area contributed by atoms with Crippen LogP contribution in [0.15, 0.2) is 18.2 Å². The number of halogens is 1. The van der Waals surface area contributed by atoms with Crippen LogP contribution in [0.3, 0.4) is 0 Å². The number of ether oxygens (including phenoxy) is 2. The maximum atomic E-state index is 14.3. The van der Waals surface area contributed by atoms with E-state index in [4.69, 9.17) is 9.47 Å². The van der Waals surface area contributed by atoms with E-state index in [0.717, 1.165) is 0 Å². The summed E-state index contributed by atoms with van der Waals surface area (Å²) < 4.78 is 25.0. The zero-order chi connectivity index (χ0) is 16.9. The summed E-state index contributed by atoms with van der Waals surface area (Å²) in [4.78, 5) is 24.3. The highest BCUT2D eigenvalue weighted by molar-refractivity contribution is 6.15. The summed E-state index contributed by atoms with van der Waals surface area (Å²) in [5.74, 6) is -0.961. The van der Waals surface area contributed by atoms with Crippen molar-refractivity contribution >= 4 is 11.6 Å². The van der Waals surface area contributed by atoms with Crippen LogP contribution in [0.25, 0.3) is 0 Å². The molecule has 0 bridgehead atoms. The molecule has 0 saturated heterocycles. The summed E-state index contributed by atoms with van der Waals surface area (Å²) >= 11 is 0. The topological polar surface area (TPSA) is 52.6 Å². The zero-order valence-electron chi connectivity index (χ0n) is 13.7. The molecule has 0 aromatic heterocycles. The minimum Gasteiger partial charge on any atom is -0.494 e. The molecule has 0 amide bonds. The van der Waals surface area contributed by atoms with Gasteiger partial charge in [-0.25, -0.2) is 4.39 Å².